The van der Waals surface area contributed by atoms with Crippen molar-refractivity contribution in [1.82, 2.24) is 0 Å². The molecule has 3 rings (SSSR count). The molecule has 1 aliphatic rings. The zero-order valence-corrected chi connectivity index (χ0v) is 14.3. The van der Waals surface area contributed by atoms with Crippen molar-refractivity contribution >= 4 is 45.5 Å². The summed E-state index contributed by atoms with van der Waals surface area (Å²) < 4.78 is 13.5. The van der Waals surface area contributed by atoms with Gasteiger partial charge < -0.3 is 0 Å². The van der Waals surface area contributed by atoms with Gasteiger partial charge in [0, 0.05) is 0 Å². The fraction of sp³-hybridized carbons (Fsp3) is 0.111. The summed E-state index contributed by atoms with van der Waals surface area (Å²) >= 11 is 6.62. The van der Waals surface area contributed by atoms with Crippen molar-refractivity contribution in [3.05, 3.63) is 70.4 Å². The molecule has 0 saturated carbocycles. The summed E-state index contributed by atoms with van der Waals surface area (Å²) in [5.74, 6) is -0.504. The molecule has 1 fully saturated rings. The third kappa shape index (κ3) is 3.07. The van der Waals surface area contributed by atoms with E-state index < -0.39 is 0 Å². The van der Waals surface area contributed by atoms with E-state index in [1.807, 2.05) is 38.1 Å². The van der Waals surface area contributed by atoms with Crippen molar-refractivity contribution in [1.29, 1.82) is 0 Å². The zero-order valence-electron chi connectivity index (χ0n) is 12.7. The van der Waals surface area contributed by atoms with E-state index in [-0.39, 0.29) is 11.7 Å². The van der Waals surface area contributed by atoms with Crippen LogP contribution in [-0.4, -0.2) is 10.2 Å². The van der Waals surface area contributed by atoms with Crippen LogP contribution in [0.1, 0.15) is 18.1 Å². The number of thiocarbonyl (C=S) groups is 1. The first-order valence-electron chi connectivity index (χ1n) is 7.07. The number of benzene rings is 2. The minimum absolute atomic E-state index is 0.162. The van der Waals surface area contributed by atoms with Gasteiger partial charge in [-0.25, -0.2) is 4.39 Å². The van der Waals surface area contributed by atoms with Crippen LogP contribution in [0.2, 0.25) is 0 Å². The maximum atomic E-state index is 13.1. The summed E-state index contributed by atoms with van der Waals surface area (Å²) in [4.78, 5) is 14.8. The smallest absolute Gasteiger partial charge is 0.268 e. The number of aryl methyl sites for hydroxylation is 1. The molecule has 1 aliphatic heterocycles. The van der Waals surface area contributed by atoms with Gasteiger partial charge in [-0.3, -0.25) is 9.69 Å². The number of anilines is 1. The Hall–Kier alpha value is -1.98. The van der Waals surface area contributed by atoms with Crippen LogP contribution in [-0.2, 0) is 4.79 Å². The van der Waals surface area contributed by atoms with Crippen molar-refractivity contribution in [2.24, 2.45) is 0 Å². The monoisotopic (exact) mass is 343 g/mol. The lowest BCUT2D eigenvalue weighted by Gasteiger charge is -2.14. The molecule has 0 radical (unpaired) electrons. The van der Waals surface area contributed by atoms with Gasteiger partial charge in [0.25, 0.3) is 5.91 Å². The Morgan fingerprint density at radius 2 is 1.70 bits per heavy atom. The fourth-order valence-electron chi connectivity index (χ4n) is 2.35. The van der Waals surface area contributed by atoms with Crippen LogP contribution in [0.25, 0.3) is 5.57 Å². The summed E-state index contributed by atoms with van der Waals surface area (Å²) in [6, 6.07) is 13.8. The predicted octanol–water partition coefficient (Wildman–Crippen LogP) is 4.93. The lowest BCUT2D eigenvalue weighted by molar-refractivity contribution is -0.113. The topological polar surface area (TPSA) is 20.3 Å². The van der Waals surface area contributed by atoms with Gasteiger partial charge in [-0.05, 0) is 49.2 Å². The summed E-state index contributed by atoms with van der Waals surface area (Å²) in [5.41, 5.74) is 3.64. The molecule has 0 spiro atoms. The third-order valence-electron chi connectivity index (χ3n) is 3.68. The lowest BCUT2D eigenvalue weighted by atomic mass is 10.1. The van der Waals surface area contributed by atoms with E-state index in [1.165, 1.54) is 34.4 Å². The average Bonchev–Trinajstić information content (AvgIpc) is 2.83. The van der Waals surface area contributed by atoms with Crippen molar-refractivity contribution in [2.45, 2.75) is 13.8 Å². The maximum Gasteiger partial charge on any atom is 0.271 e. The number of thioether (sulfide) groups is 1. The van der Waals surface area contributed by atoms with Crippen LogP contribution >= 0.6 is 24.0 Å². The third-order valence-corrected chi connectivity index (χ3v) is 5.15. The molecule has 0 unspecified atom stereocenters. The number of carbonyl (C=O) groups is 1. The number of halogens is 1. The van der Waals surface area contributed by atoms with Crippen LogP contribution in [0, 0.1) is 12.7 Å². The molecule has 1 heterocycles. The molecule has 2 nitrogen and oxygen atoms in total. The van der Waals surface area contributed by atoms with Gasteiger partial charge >= 0.3 is 0 Å². The molecule has 0 aromatic heterocycles. The van der Waals surface area contributed by atoms with E-state index in [2.05, 4.69) is 0 Å². The lowest BCUT2D eigenvalue weighted by Crippen LogP contribution is -2.27. The first-order chi connectivity index (χ1) is 11.0. The predicted molar refractivity (Wildman–Crippen MR) is 97.8 cm³/mol. The van der Waals surface area contributed by atoms with Gasteiger partial charge in [-0.1, -0.05) is 53.8 Å². The number of nitrogens with zero attached hydrogens (tertiary/aromatic N) is 1. The van der Waals surface area contributed by atoms with Crippen LogP contribution in [0.3, 0.4) is 0 Å². The minimum atomic E-state index is -0.342. The quantitative estimate of drug-likeness (QED) is 0.570. The molecule has 0 atom stereocenters. The number of amides is 1. The fourth-order valence-corrected chi connectivity index (χ4v) is 3.69. The highest BCUT2D eigenvalue weighted by atomic mass is 32.2. The largest absolute Gasteiger partial charge is 0.271 e. The van der Waals surface area contributed by atoms with Gasteiger partial charge in [-0.2, -0.15) is 0 Å². The van der Waals surface area contributed by atoms with Crippen LogP contribution in [0.15, 0.2) is 53.4 Å². The molecular formula is C18H14FNOS2. The van der Waals surface area contributed by atoms with E-state index in [9.17, 15) is 9.18 Å². The van der Waals surface area contributed by atoms with E-state index >= 15 is 0 Å². The second-order valence-electron chi connectivity index (χ2n) is 5.31. The highest BCUT2D eigenvalue weighted by Gasteiger charge is 2.34. The molecule has 0 bridgehead atoms. The maximum absolute atomic E-state index is 13.1. The molecule has 1 saturated heterocycles. The Kier molecular flexibility index (Phi) is 4.33. The molecule has 2 aromatic carbocycles. The summed E-state index contributed by atoms with van der Waals surface area (Å²) in [5, 5.41) is 0. The Balaban J connectivity index is 1.98. The van der Waals surface area contributed by atoms with Crippen molar-refractivity contribution in [3.63, 3.8) is 0 Å². The average molecular weight is 343 g/mol. The van der Waals surface area contributed by atoms with Crippen molar-refractivity contribution < 1.29 is 9.18 Å². The highest BCUT2D eigenvalue weighted by molar-refractivity contribution is 8.27. The number of carbonyl (C=O) groups excluding carboxylic acids is 1. The van der Waals surface area contributed by atoms with E-state index in [1.54, 1.807) is 12.1 Å². The van der Waals surface area contributed by atoms with Crippen molar-refractivity contribution in [3.8, 4) is 0 Å². The first kappa shape index (κ1) is 15.9. The van der Waals surface area contributed by atoms with Gasteiger partial charge in [0.15, 0.2) is 4.32 Å². The summed E-state index contributed by atoms with van der Waals surface area (Å²) in [7, 11) is 0. The van der Waals surface area contributed by atoms with Gasteiger partial charge in [-0.15, -0.1) is 0 Å². The number of allylic oxidation sites excluding steroid dienone is 1. The molecule has 5 heteroatoms. The second-order valence-corrected chi connectivity index (χ2v) is 6.95. The number of hydrogen-bond donors (Lipinski definition) is 0. The SMILES string of the molecule is C/C(=C1\SC(=S)N(c2ccc(F)cc2)C1=O)c1ccc(C)cc1. The van der Waals surface area contributed by atoms with Crippen LogP contribution in [0.5, 0.6) is 0 Å². The first-order valence-corrected chi connectivity index (χ1v) is 8.29. The van der Waals surface area contributed by atoms with Gasteiger partial charge in [0.2, 0.25) is 0 Å². The van der Waals surface area contributed by atoms with E-state index in [4.69, 9.17) is 12.2 Å². The van der Waals surface area contributed by atoms with Crippen molar-refractivity contribution in [2.75, 3.05) is 4.90 Å². The summed E-state index contributed by atoms with van der Waals surface area (Å²) in [6.45, 7) is 3.94. The molecule has 116 valence electrons. The zero-order chi connectivity index (χ0) is 16.6. The van der Waals surface area contributed by atoms with E-state index in [0.29, 0.717) is 14.9 Å². The molecule has 0 N–H and O–H groups in total. The molecule has 2 aromatic rings. The molecule has 1 amide bonds. The Bertz CT molecular complexity index is 810. The molecule has 23 heavy (non-hydrogen) atoms. The molecule has 0 aliphatic carbocycles. The number of rotatable bonds is 2. The second kappa shape index (κ2) is 6.26. The van der Waals surface area contributed by atoms with Gasteiger partial charge in [0.05, 0.1) is 10.6 Å². The van der Waals surface area contributed by atoms with E-state index in [0.717, 1.165) is 11.1 Å². The Morgan fingerprint density at radius 1 is 1.09 bits per heavy atom. The van der Waals surface area contributed by atoms with Gasteiger partial charge in [0.1, 0.15) is 5.82 Å². The van der Waals surface area contributed by atoms with Crippen LogP contribution in [0.4, 0.5) is 10.1 Å². The normalized spacial score (nSPS) is 16.9. The minimum Gasteiger partial charge on any atom is -0.268 e. The Morgan fingerprint density at radius 3 is 2.30 bits per heavy atom. The Labute approximate surface area is 144 Å². The highest BCUT2D eigenvalue weighted by Crippen LogP contribution is 2.39. The standard InChI is InChI=1S/C18H14FNOS2/c1-11-3-5-13(6-4-11)12(2)16-17(21)20(18(22)23-16)15-9-7-14(19)8-10-15/h3-10H,1-2H3/b16-12+. The van der Waals surface area contributed by atoms with Crippen LogP contribution < -0.4 is 4.90 Å². The summed E-state index contributed by atoms with van der Waals surface area (Å²) in [6.07, 6.45) is 0. The molecular weight excluding hydrogens is 329 g/mol. The number of hydrogen-bond acceptors (Lipinski definition) is 3.